The van der Waals surface area contributed by atoms with Gasteiger partial charge < -0.3 is 20.9 Å². The number of para-hydroxylation sites is 1. The van der Waals surface area contributed by atoms with Crippen LogP contribution in [0, 0.1) is 0 Å². The van der Waals surface area contributed by atoms with Crippen LogP contribution >= 0.6 is 0 Å². The zero-order chi connectivity index (χ0) is 27.5. The third kappa shape index (κ3) is 8.04. The Morgan fingerprint density at radius 3 is 1.97 bits per heavy atom. The first-order chi connectivity index (χ1) is 19.0. The van der Waals surface area contributed by atoms with E-state index in [1.54, 1.807) is 47.4 Å². The van der Waals surface area contributed by atoms with Crippen LogP contribution < -0.4 is 20.9 Å². The highest BCUT2D eigenvalue weighted by Crippen LogP contribution is 2.19. The normalized spacial score (nSPS) is 10.4. The monoisotopic (exact) mass is 520 g/mol. The zero-order valence-corrected chi connectivity index (χ0v) is 21.9. The molecular weight excluding hydrogens is 488 g/mol. The van der Waals surface area contributed by atoms with Gasteiger partial charge in [0.25, 0.3) is 5.91 Å². The summed E-state index contributed by atoms with van der Waals surface area (Å²) in [5, 5.41) is 8.81. The van der Waals surface area contributed by atoms with E-state index in [0.717, 1.165) is 11.3 Å². The zero-order valence-electron chi connectivity index (χ0n) is 21.9. The molecule has 0 radical (unpaired) electrons. The van der Waals surface area contributed by atoms with Gasteiger partial charge in [-0.05, 0) is 67.4 Å². The Bertz CT molecular complexity index is 1410. The van der Waals surface area contributed by atoms with E-state index in [1.165, 1.54) is 0 Å². The summed E-state index contributed by atoms with van der Waals surface area (Å²) in [5.74, 6) is -0.453. The lowest BCUT2D eigenvalue weighted by atomic mass is 10.1. The second-order valence-corrected chi connectivity index (χ2v) is 8.98. The molecule has 0 bridgehead atoms. The summed E-state index contributed by atoms with van der Waals surface area (Å²) in [5.41, 5.74) is 4.32. The molecule has 0 spiro atoms. The lowest BCUT2D eigenvalue weighted by Crippen LogP contribution is -2.30. The molecule has 0 aliphatic rings. The average molecular weight is 521 g/mol. The second kappa shape index (κ2) is 13.6. The standard InChI is InChI=1S/C32H32N4O3/c1-2-36(29-17-7-4-8-18-29)32(39)25-13-9-14-26(21-25)33-23-31(38)35-28-16-10-15-27(22-28)34-30(37)20-19-24-11-5-3-6-12-24/h3-18,21-22,33H,2,19-20,23H2,1H3,(H,34,37)(H,35,38). The number of anilines is 4. The van der Waals surface area contributed by atoms with Gasteiger partial charge in [-0.15, -0.1) is 0 Å². The molecule has 0 aliphatic heterocycles. The van der Waals surface area contributed by atoms with E-state index >= 15 is 0 Å². The van der Waals surface area contributed by atoms with E-state index in [-0.39, 0.29) is 24.3 Å². The van der Waals surface area contributed by atoms with E-state index in [0.29, 0.717) is 42.0 Å². The van der Waals surface area contributed by atoms with Gasteiger partial charge in [0.2, 0.25) is 11.8 Å². The molecule has 4 aromatic carbocycles. The summed E-state index contributed by atoms with van der Waals surface area (Å²) >= 11 is 0. The van der Waals surface area contributed by atoms with Gasteiger partial charge >= 0.3 is 0 Å². The minimum Gasteiger partial charge on any atom is -0.376 e. The Morgan fingerprint density at radius 1 is 0.667 bits per heavy atom. The van der Waals surface area contributed by atoms with Crippen molar-refractivity contribution in [1.29, 1.82) is 0 Å². The molecule has 7 nitrogen and oxygen atoms in total. The van der Waals surface area contributed by atoms with E-state index < -0.39 is 0 Å². The van der Waals surface area contributed by atoms with Gasteiger partial charge in [-0.25, -0.2) is 0 Å². The fraction of sp³-hybridized carbons (Fsp3) is 0.156. The first-order valence-electron chi connectivity index (χ1n) is 13.0. The first kappa shape index (κ1) is 27.1. The Balaban J connectivity index is 1.29. The van der Waals surface area contributed by atoms with Gasteiger partial charge in [0.05, 0.1) is 6.54 Å². The van der Waals surface area contributed by atoms with Crippen molar-refractivity contribution in [3.8, 4) is 0 Å². The summed E-state index contributed by atoms with van der Waals surface area (Å²) in [6.45, 7) is 2.49. The van der Waals surface area contributed by atoms with Crippen LogP contribution in [-0.2, 0) is 16.0 Å². The Hall–Kier alpha value is -4.91. The lowest BCUT2D eigenvalue weighted by Gasteiger charge is -2.21. The van der Waals surface area contributed by atoms with Crippen molar-refractivity contribution in [3.05, 3.63) is 120 Å². The smallest absolute Gasteiger partial charge is 0.258 e. The van der Waals surface area contributed by atoms with Crippen molar-refractivity contribution in [1.82, 2.24) is 0 Å². The average Bonchev–Trinajstić information content (AvgIpc) is 2.97. The number of carbonyl (C=O) groups excluding carboxylic acids is 3. The first-order valence-corrected chi connectivity index (χ1v) is 13.0. The Morgan fingerprint density at radius 2 is 1.28 bits per heavy atom. The minimum absolute atomic E-state index is 0.0154. The van der Waals surface area contributed by atoms with Crippen LogP contribution in [0.5, 0.6) is 0 Å². The number of hydrogen-bond donors (Lipinski definition) is 3. The molecule has 4 aromatic rings. The van der Waals surface area contributed by atoms with Crippen LogP contribution in [-0.4, -0.2) is 30.8 Å². The molecule has 7 heteroatoms. The van der Waals surface area contributed by atoms with Crippen molar-refractivity contribution < 1.29 is 14.4 Å². The van der Waals surface area contributed by atoms with Gasteiger partial charge in [0.1, 0.15) is 0 Å². The van der Waals surface area contributed by atoms with Crippen molar-refractivity contribution in [3.63, 3.8) is 0 Å². The largest absolute Gasteiger partial charge is 0.376 e. The van der Waals surface area contributed by atoms with E-state index in [2.05, 4.69) is 16.0 Å². The quantitative estimate of drug-likeness (QED) is 0.227. The highest BCUT2D eigenvalue weighted by atomic mass is 16.2. The maximum absolute atomic E-state index is 13.1. The molecule has 4 rings (SSSR count). The number of nitrogens with zero attached hydrogens (tertiary/aromatic N) is 1. The molecule has 0 saturated carbocycles. The van der Waals surface area contributed by atoms with Crippen LogP contribution in [0.15, 0.2) is 109 Å². The third-order valence-corrected chi connectivity index (χ3v) is 6.11. The Kier molecular flexibility index (Phi) is 9.45. The van der Waals surface area contributed by atoms with Gasteiger partial charge in [-0.2, -0.15) is 0 Å². The number of aryl methyl sites for hydroxylation is 1. The number of rotatable bonds is 11. The number of nitrogens with one attached hydrogen (secondary N) is 3. The highest BCUT2D eigenvalue weighted by Gasteiger charge is 2.16. The molecule has 0 saturated heterocycles. The second-order valence-electron chi connectivity index (χ2n) is 8.98. The topological polar surface area (TPSA) is 90.5 Å². The van der Waals surface area contributed by atoms with Crippen LogP contribution in [0.4, 0.5) is 22.7 Å². The van der Waals surface area contributed by atoms with E-state index in [9.17, 15) is 14.4 Å². The molecule has 0 aliphatic carbocycles. The predicted octanol–water partition coefficient (Wildman–Crippen LogP) is 5.98. The maximum Gasteiger partial charge on any atom is 0.258 e. The molecule has 0 fully saturated rings. The minimum atomic E-state index is -0.251. The molecule has 3 amide bonds. The molecule has 198 valence electrons. The number of amides is 3. The van der Waals surface area contributed by atoms with Gasteiger partial charge in [-0.1, -0.05) is 60.7 Å². The van der Waals surface area contributed by atoms with Crippen molar-refractivity contribution in [2.45, 2.75) is 19.8 Å². The maximum atomic E-state index is 13.1. The molecule has 0 atom stereocenters. The third-order valence-electron chi connectivity index (χ3n) is 6.11. The van der Waals surface area contributed by atoms with Crippen molar-refractivity contribution >= 4 is 40.5 Å². The summed E-state index contributed by atoms with van der Waals surface area (Å²) in [6, 6.07) is 33.5. The molecule has 0 heterocycles. The summed E-state index contributed by atoms with van der Waals surface area (Å²) < 4.78 is 0. The predicted molar refractivity (Wildman–Crippen MR) is 157 cm³/mol. The summed E-state index contributed by atoms with van der Waals surface area (Å²) in [6.07, 6.45) is 1.03. The van der Waals surface area contributed by atoms with Crippen LogP contribution in [0.25, 0.3) is 0 Å². The van der Waals surface area contributed by atoms with Gasteiger partial charge in [-0.3, -0.25) is 14.4 Å². The number of hydrogen-bond acceptors (Lipinski definition) is 4. The van der Waals surface area contributed by atoms with Crippen LogP contribution in [0.1, 0.15) is 29.3 Å². The van der Waals surface area contributed by atoms with Crippen LogP contribution in [0.2, 0.25) is 0 Å². The fourth-order valence-corrected chi connectivity index (χ4v) is 4.16. The molecule has 39 heavy (non-hydrogen) atoms. The van der Waals surface area contributed by atoms with Crippen LogP contribution in [0.3, 0.4) is 0 Å². The highest BCUT2D eigenvalue weighted by molar-refractivity contribution is 6.06. The molecule has 0 aromatic heterocycles. The van der Waals surface area contributed by atoms with Crippen molar-refractivity contribution in [2.24, 2.45) is 0 Å². The molecule has 0 unspecified atom stereocenters. The number of benzene rings is 4. The molecular formula is C32H32N4O3. The van der Waals surface area contributed by atoms with E-state index in [4.69, 9.17) is 0 Å². The summed E-state index contributed by atoms with van der Waals surface area (Å²) in [4.78, 5) is 39.8. The molecule has 3 N–H and O–H groups in total. The number of carbonyl (C=O) groups is 3. The SMILES string of the molecule is CCN(C(=O)c1cccc(NCC(=O)Nc2cccc(NC(=O)CCc3ccccc3)c2)c1)c1ccccc1. The van der Waals surface area contributed by atoms with Gasteiger partial charge in [0, 0.05) is 41.3 Å². The van der Waals surface area contributed by atoms with Crippen molar-refractivity contribution in [2.75, 3.05) is 33.9 Å². The summed E-state index contributed by atoms with van der Waals surface area (Å²) in [7, 11) is 0. The lowest BCUT2D eigenvalue weighted by molar-refractivity contribution is -0.116. The fourth-order valence-electron chi connectivity index (χ4n) is 4.16. The van der Waals surface area contributed by atoms with E-state index in [1.807, 2.05) is 73.7 Å². The Labute approximate surface area is 228 Å². The van der Waals surface area contributed by atoms with Gasteiger partial charge in [0.15, 0.2) is 0 Å².